The molecule has 0 heterocycles. The van der Waals surface area contributed by atoms with Crippen LogP contribution in [0, 0.1) is 17.1 Å². The number of nitrogens with zero attached hydrogens (tertiary/aromatic N) is 2. The molecule has 0 saturated carbocycles. The van der Waals surface area contributed by atoms with Crippen LogP contribution in [0.3, 0.4) is 0 Å². The molecule has 0 fully saturated rings. The van der Waals surface area contributed by atoms with E-state index in [0.29, 0.717) is 0 Å². The first kappa shape index (κ1) is 14.6. The molecule has 98 valence electrons. The first-order chi connectivity index (χ1) is 8.28. The maximum absolute atomic E-state index is 12.9. The minimum atomic E-state index is -3.91. The molecule has 0 saturated heterocycles. The van der Waals surface area contributed by atoms with Crippen molar-refractivity contribution in [3.05, 3.63) is 29.6 Å². The zero-order valence-electron chi connectivity index (χ0n) is 9.96. The van der Waals surface area contributed by atoms with Gasteiger partial charge in [-0.2, -0.15) is 9.57 Å². The van der Waals surface area contributed by atoms with Gasteiger partial charge in [0.15, 0.2) is 0 Å². The van der Waals surface area contributed by atoms with Gasteiger partial charge >= 0.3 is 0 Å². The summed E-state index contributed by atoms with van der Waals surface area (Å²) in [5, 5.41) is 18.0. The Hall–Kier alpha value is -1.49. The van der Waals surface area contributed by atoms with Crippen molar-refractivity contribution in [1.82, 2.24) is 4.31 Å². The predicted molar refractivity (Wildman–Crippen MR) is 62.6 cm³/mol. The molecule has 0 aliphatic carbocycles. The molecule has 0 aliphatic heterocycles. The fraction of sp³-hybridized carbons (Fsp3) is 0.364. The number of aliphatic hydroxyl groups excluding tert-OH is 1. The largest absolute Gasteiger partial charge is 0.392 e. The summed E-state index contributed by atoms with van der Waals surface area (Å²) in [4.78, 5) is -0.269. The SMILES string of the molecule is CC(O)CN(C)S(=O)(=O)c1ccc(F)cc1C#N. The molecule has 0 spiro atoms. The van der Waals surface area contributed by atoms with Gasteiger partial charge in [0.1, 0.15) is 16.8 Å². The van der Waals surface area contributed by atoms with Crippen LogP contribution in [-0.2, 0) is 10.0 Å². The molecule has 0 radical (unpaired) electrons. The average molecular weight is 272 g/mol. The third-order valence-electron chi connectivity index (χ3n) is 2.27. The Morgan fingerprint density at radius 3 is 2.67 bits per heavy atom. The Morgan fingerprint density at radius 1 is 1.56 bits per heavy atom. The predicted octanol–water partition coefficient (Wildman–Crippen LogP) is 0.699. The van der Waals surface area contributed by atoms with E-state index in [-0.39, 0.29) is 17.0 Å². The van der Waals surface area contributed by atoms with Crippen LogP contribution in [0.2, 0.25) is 0 Å². The Morgan fingerprint density at radius 2 is 2.17 bits per heavy atom. The Balaban J connectivity index is 3.25. The fourth-order valence-electron chi connectivity index (χ4n) is 1.45. The molecule has 18 heavy (non-hydrogen) atoms. The van der Waals surface area contributed by atoms with E-state index in [1.165, 1.54) is 14.0 Å². The van der Waals surface area contributed by atoms with E-state index in [0.717, 1.165) is 22.5 Å². The zero-order chi connectivity index (χ0) is 13.9. The smallest absolute Gasteiger partial charge is 0.244 e. The molecule has 1 N–H and O–H groups in total. The van der Waals surface area contributed by atoms with Crippen molar-refractivity contribution in [2.75, 3.05) is 13.6 Å². The standard InChI is InChI=1S/C11H13FN2O3S/c1-8(15)7-14(2)18(16,17)11-4-3-10(12)5-9(11)6-13/h3-5,8,15H,7H2,1-2H3. The Labute approximate surface area is 105 Å². The van der Waals surface area contributed by atoms with Gasteiger partial charge in [0.25, 0.3) is 0 Å². The molecule has 5 nitrogen and oxygen atoms in total. The summed E-state index contributed by atoms with van der Waals surface area (Å²) < 4.78 is 38.1. The first-order valence-electron chi connectivity index (χ1n) is 5.13. The van der Waals surface area contributed by atoms with Crippen molar-refractivity contribution in [3.63, 3.8) is 0 Å². The van der Waals surface area contributed by atoms with E-state index >= 15 is 0 Å². The highest BCUT2D eigenvalue weighted by molar-refractivity contribution is 7.89. The van der Waals surface area contributed by atoms with Crippen LogP contribution in [0.4, 0.5) is 4.39 Å². The van der Waals surface area contributed by atoms with Crippen molar-refractivity contribution in [1.29, 1.82) is 5.26 Å². The number of hydrogen-bond donors (Lipinski definition) is 1. The minimum Gasteiger partial charge on any atom is -0.392 e. The minimum absolute atomic E-state index is 0.107. The number of sulfonamides is 1. The van der Waals surface area contributed by atoms with Gasteiger partial charge in [-0.15, -0.1) is 0 Å². The van der Waals surface area contributed by atoms with Crippen molar-refractivity contribution in [2.45, 2.75) is 17.9 Å². The highest BCUT2D eigenvalue weighted by Gasteiger charge is 2.25. The van der Waals surface area contributed by atoms with E-state index in [1.54, 1.807) is 6.07 Å². The van der Waals surface area contributed by atoms with Gasteiger partial charge in [0, 0.05) is 13.6 Å². The van der Waals surface area contributed by atoms with Gasteiger partial charge in [0.2, 0.25) is 10.0 Å². The molecule has 1 unspecified atom stereocenters. The molecule has 1 aromatic rings. The lowest BCUT2D eigenvalue weighted by Gasteiger charge is -2.19. The van der Waals surface area contributed by atoms with E-state index in [9.17, 15) is 17.9 Å². The topological polar surface area (TPSA) is 81.4 Å². The summed E-state index contributed by atoms with van der Waals surface area (Å²) in [6, 6.07) is 4.53. The third-order valence-corrected chi connectivity index (χ3v) is 4.15. The van der Waals surface area contributed by atoms with Gasteiger partial charge in [-0.1, -0.05) is 0 Å². The molecule has 0 amide bonds. The van der Waals surface area contributed by atoms with Crippen LogP contribution in [0.5, 0.6) is 0 Å². The van der Waals surface area contributed by atoms with E-state index < -0.39 is 21.9 Å². The van der Waals surface area contributed by atoms with Crippen LogP contribution < -0.4 is 0 Å². The van der Waals surface area contributed by atoms with Gasteiger partial charge in [-0.3, -0.25) is 0 Å². The lowest BCUT2D eigenvalue weighted by Crippen LogP contribution is -2.33. The average Bonchev–Trinajstić information content (AvgIpc) is 2.27. The molecular formula is C11H13FN2O3S. The normalized spacial score (nSPS) is 13.3. The van der Waals surface area contributed by atoms with Crippen LogP contribution in [0.1, 0.15) is 12.5 Å². The lowest BCUT2D eigenvalue weighted by molar-refractivity contribution is 0.171. The van der Waals surface area contributed by atoms with Gasteiger partial charge in [-0.25, -0.2) is 12.8 Å². The van der Waals surface area contributed by atoms with Crippen LogP contribution in [0.25, 0.3) is 0 Å². The van der Waals surface area contributed by atoms with E-state index in [2.05, 4.69) is 0 Å². The van der Waals surface area contributed by atoms with Crippen molar-refractivity contribution in [3.8, 4) is 6.07 Å². The second-order valence-electron chi connectivity index (χ2n) is 3.89. The molecule has 1 aromatic carbocycles. The monoisotopic (exact) mass is 272 g/mol. The maximum Gasteiger partial charge on any atom is 0.244 e. The van der Waals surface area contributed by atoms with Crippen LogP contribution in [0.15, 0.2) is 23.1 Å². The maximum atomic E-state index is 12.9. The highest BCUT2D eigenvalue weighted by atomic mass is 32.2. The molecule has 7 heteroatoms. The van der Waals surface area contributed by atoms with E-state index in [1.807, 2.05) is 0 Å². The number of aliphatic hydroxyl groups is 1. The van der Waals surface area contributed by atoms with Crippen molar-refractivity contribution in [2.24, 2.45) is 0 Å². The highest BCUT2D eigenvalue weighted by Crippen LogP contribution is 2.20. The number of hydrogen-bond acceptors (Lipinski definition) is 4. The first-order valence-corrected chi connectivity index (χ1v) is 6.57. The third kappa shape index (κ3) is 3.04. The Bertz CT molecular complexity index is 578. The molecule has 0 bridgehead atoms. The van der Waals surface area contributed by atoms with E-state index in [4.69, 9.17) is 5.26 Å². The van der Waals surface area contributed by atoms with Gasteiger partial charge < -0.3 is 5.11 Å². The second-order valence-corrected chi connectivity index (χ2v) is 5.90. The summed E-state index contributed by atoms with van der Waals surface area (Å²) in [6.45, 7) is 1.34. The summed E-state index contributed by atoms with van der Waals surface area (Å²) in [5.74, 6) is -0.677. The summed E-state index contributed by atoms with van der Waals surface area (Å²) in [6.07, 6.45) is -0.837. The number of nitriles is 1. The molecule has 1 rings (SSSR count). The second kappa shape index (κ2) is 5.44. The molecule has 0 aliphatic rings. The summed E-state index contributed by atoms with van der Waals surface area (Å²) >= 11 is 0. The van der Waals surface area contributed by atoms with Gasteiger partial charge in [0.05, 0.1) is 11.7 Å². The molecule has 0 aromatic heterocycles. The van der Waals surface area contributed by atoms with Gasteiger partial charge in [-0.05, 0) is 25.1 Å². The van der Waals surface area contributed by atoms with Crippen LogP contribution in [-0.4, -0.2) is 37.5 Å². The van der Waals surface area contributed by atoms with Crippen LogP contribution >= 0.6 is 0 Å². The quantitative estimate of drug-likeness (QED) is 0.874. The molecular weight excluding hydrogens is 259 g/mol. The summed E-state index contributed by atoms with van der Waals surface area (Å²) in [5.41, 5.74) is -0.257. The number of likely N-dealkylation sites (N-methyl/N-ethyl adjacent to an activating group) is 1. The van der Waals surface area contributed by atoms with Crippen molar-refractivity contribution < 1.29 is 17.9 Å². The number of benzene rings is 1. The summed E-state index contributed by atoms with van der Waals surface area (Å²) in [7, 11) is -2.63. The number of halogens is 1. The number of rotatable bonds is 4. The fourth-order valence-corrected chi connectivity index (χ4v) is 2.82. The zero-order valence-corrected chi connectivity index (χ0v) is 10.8. The Kier molecular flexibility index (Phi) is 4.40. The molecule has 1 atom stereocenters. The van der Waals surface area contributed by atoms with Crippen molar-refractivity contribution >= 4 is 10.0 Å². The lowest BCUT2D eigenvalue weighted by atomic mass is 10.2.